The summed E-state index contributed by atoms with van der Waals surface area (Å²) in [5, 5.41) is 12.6. The third-order valence-electron chi connectivity index (χ3n) is 3.55. The Morgan fingerprint density at radius 3 is 2.53 bits per heavy atom. The molecule has 19 heavy (non-hydrogen) atoms. The van der Waals surface area contributed by atoms with Crippen LogP contribution in [0.15, 0.2) is 0 Å². The maximum Gasteiger partial charge on any atom is 0.323 e. The Hall–Kier alpha value is -0.650. The van der Waals surface area contributed by atoms with E-state index in [1.54, 1.807) is 14.0 Å². The minimum atomic E-state index is -0.865. The summed E-state index contributed by atoms with van der Waals surface area (Å²) in [4.78, 5) is 13.7. The number of carboxylic acid groups (broad SMARTS) is 1. The number of carbonyl (C=O) groups is 1. The summed E-state index contributed by atoms with van der Waals surface area (Å²) >= 11 is 0. The molecular weight excluding hydrogens is 244 g/mol. The maximum absolute atomic E-state index is 11.5. The molecule has 0 saturated carbocycles. The molecule has 0 aliphatic carbocycles. The predicted molar refractivity (Wildman–Crippen MR) is 77.5 cm³/mol. The molecule has 2 unspecified atom stereocenters. The van der Waals surface area contributed by atoms with Gasteiger partial charge in [0.15, 0.2) is 0 Å². The Morgan fingerprint density at radius 2 is 2.11 bits per heavy atom. The zero-order chi connectivity index (χ0) is 14.9. The molecule has 5 heteroatoms. The highest BCUT2D eigenvalue weighted by Crippen LogP contribution is 2.17. The van der Waals surface area contributed by atoms with Gasteiger partial charge in [-0.1, -0.05) is 13.8 Å². The average Bonchev–Trinajstić information content (AvgIpc) is 2.37. The SMILES string of the molecule is CCCNC(C)(CC(C)N(CC)CCOC)C(=O)O. The van der Waals surface area contributed by atoms with Crippen LogP contribution >= 0.6 is 0 Å². The van der Waals surface area contributed by atoms with Gasteiger partial charge in [-0.15, -0.1) is 0 Å². The summed E-state index contributed by atoms with van der Waals surface area (Å²) in [7, 11) is 1.68. The van der Waals surface area contributed by atoms with Crippen LogP contribution in [0.2, 0.25) is 0 Å². The normalized spacial score (nSPS) is 16.3. The molecular formula is C14H30N2O3. The first-order valence-electron chi connectivity index (χ1n) is 7.12. The number of aliphatic carboxylic acids is 1. The Bertz CT molecular complexity index is 261. The largest absolute Gasteiger partial charge is 0.480 e. The van der Waals surface area contributed by atoms with Crippen LogP contribution in [0.1, 0.15) is 40.5 Å². The zero-order valence-corrected chi connectivity index (χ0v) is 13.0. The number of nitrogens with one attached hydrogen (secondary N) is 1. The van der Waals surface area contributed by atoms with Gasteiger partial charge in [0.2, 0.25) is 0 Å². The van der Waals surface area contributed by atoms with Crippen molar-refractivity contribution in [3.63, 3.8) is 0 Å². The highest BCUT2D eigenvalue weighted by Gasteiger charge is 2.35. The van der Waals surface area contributed by atoms with Gasteiger partial charge < -0.3 is 15.2 Å². The van der Waals surface area contributed by atoms with E-state index in [1.807, 2.05) is 6.92 Å². The average molecular weight is 274 g/mol. The van der Waals surface area contributed by atoms with E-state index in [0.29, 0.717) is 13.0 Å². The summed E-state index contributed by atoms with van der Waals surface area (Å²) in [6, 6.07) is 0.200. The van der Waals surface area contributed by atoms with Crippen molar-refractivity contribution in [2.24, 2.45) is 0 Å². The lowest BCUT2D eigenvalue weighted by Gasteiger charge is -2.34. The second-order valence-corrected chi connectivity index (χ2v) is 5.24. The number of methoxy groups -OCH3 is 1. The topological polar surface area (TPSA) is 61.8 Å². The molecule has 114 valence electrons. The van der Waals surface area contributed by atoms with Crippen LogP contribution in [-0.2, 0) is 9.53 Å². The van der Waals surface area contributed by atoms with E-state index in [4.69, 9.17) is 4.74 Å². The summed E-state index contributed by atoms with van der Waals surface area (Å²) in [6.45, 7) is 11.1. The van der Waals surface area contributed by atoms with Crippen molar-refractivity contribution >= 4 is 5.97 Å². The van der Waals surface area contributed by atoms with Crippen molar-refractivity contribution in [3.05, 3.63) is 0 Å². The number of ether oxygens (including phenoxy) is 1. The van der Waals surface area contributed by atoms with E-state index in [-0.39, 0.29) is 6.04 Å². The van der Waals surface area contributed by atoms with Crippen LogP contribution in [0.4, 0.5) is 0 Å². The highest BCUT2D eigenvalue weighted by molar-refractivity contribution is 5.78. The van der Waals surface area contributed by atoms with Crippen LogP contribution < -0.4 is 5.32 Å². The van der Waals surface area contributed by atoms with E-state index in [1.165, 1.54) is 0 Å². The predicted octanol–water partition coefficient (Wildman–Crippen LogP) is 1.58. The highest BCUT2D eigenvalue weighted by atomic mass is 16.5. The third-order valence-corrected chi connectivity index (χ3v) is 3.55. The van der Waals surface area contributed by atoms with Gasteiger partial charge in [-0.3, -0.25) is 9.69 Å². The number of carboxylic acids is 1. The second-order valence-electron chi connectivity index (χ2n) is 5.24. The standard InChI is InChI=1S/C14H30N2O3/c1-6-8-15-14(4,13(17)18)11-12(3)16(7-2)9-10-19-5/h12,15H,6-11H2,1-5H3,(H,17,18). The summed E-state index contributed by atoms with van der Waals surface area (Å²) in [5.41, 5.74) is -0.865. The molecule has 0 aromatic rings. The second kappa shape index (κ2) is 9.28. The van der Waals surface area contributed by atoms with E-state index in [9.17, 15) is 9.90 Å². The fraction of sp³-hybridized carbons (Fsp3) is 0.929. The molecule has 0 aliphatic rings. The number of likely N-dealkylation sites (N-methyl/N-ethyl adjacent to an activating group) is 1. The fourth-order valence-electron chi connectivity index (χ4n) is 2.25. The van der Waals surface area contributed by atoms with Crippen molar-refractivity contribution in [2.75, 3.05) is 33.4 Å². The number of hydrogen-bond acceptors (Lipinski definition) is 4. The Kier molecular flexibility index (Phi) is 8.97. The first kappa shape index (κ1) is 18.4. The van der Waals surface area contributed by atoms with Gasteiger partial charge in [0, 0.05) is 19.7 Å². The number of nitrogens with zero attached hydrogens (tertiary/aromatic N) is 1. The minimum absolute atomic E-state index is 0.200. The molecule has 0 rings (SSSR count). The van der Waals surface area contributed by atoms with Crippen LogP contribution in [0, 0.1) is 0 Å². The van der Waals surface area contributed by atoms with Gasteiger partial charge in [-0.05, 0) is 39.8 Å². The van der Waals surface area contributed by atoms with Gasteiger partial charge in [0.05, 0.1) is 6.61 Å². The fourth-order valence-corrected chi connectivity index (χ4v) is 2.25. The monoisotopic (exact) mass is 274 g/mol. The Morgan fingerprint density at radius 1 is 1.47 bits per heavy atom. The van der Waals surface area contributed by atoms with Crippen molar-refractivity contribution < 1.29 is 14.6 Å². The van der Waals surface area contributed by atoms with E-state index < -0.39 is 11.5 Å². The van der Waals surface area contributed by atoms with Crippen molar-refractivity contribution in [3.8, 4) is 0 Å². The number of rotatable bonds is 11. The van der Waals surface area contributed by atoms with Gasteiger partial charge >= 0.3 is 5.97 Å². The van der Waals surface area contributed by atoms with Crippen LogP contribution in [0.3, 0.4) is 0 Å². The summed E-state index contributed by atoms with van der Waals surface area (Å²) in [5.74, 6) is -0.782. The van der Waals surface area contributed by atoms with Crippen LogP contribution in [0.25, 0.3) is 0 Å². The minimum Gasteiger partial charge on any atom is -0.480 e. The van der Waals surface area contributed by atoms with Gasteiger partial charge in [-0.2, -0.15) is 0 Å². The van der Waals surface area contributed by atoms with Crippen LogP contribution in [0.5, 0.6) is 0 Å². The Balaban J connectivity index is 4.59. The molecule has 0 aliphatic heterocycles. The molecule has 5 nitrogen and oxygen atoms in total. The van der Waals surface area contributed by atoms with Crippen molar-refractivity contribution in [1.29, 1.82) is 0 Å². The first-order chi connectivity index (χ1) is 8.91. The molecule has 2 atom stereocenters. The molecule has 0 spiro atoms. The smallest absolute Gasteiger partial charge is 0.323 e. The lowest BCUT2D eigenvalue weighted by Crippen LogP contribution is -2.54. The summed E-state index contributed by atoms with van der Waals surface area (Å²) < 4.78 is 5.09. The summed E-state index contributed by atoms with van der Waals surface area (Å²) in [6.07, 6.45) is 1.51. The van der Waals surface area contributed by atoms with E-state index >= 15 is 0 Å². The lowest BCUT2D eigenvalue weighted by atomic mass is 9.92. The molecule has 0 aromatic heterocycles. The third kappa shape index (κ3) is 6.36. The zero-order valence-electron chi connectivity index (χ0n) is 13.0. The van der Waals surface area contributed by atoms with Crippen molar-refractivity contribution in [1.82, 2.24) is 10.2 Å². The first-order valence-corrected chi connectivity index (χ1v) is 7.12. The maximum atomic E-state index is 11.5. The molecule has 0 aromatic carbocycles. The quantitative estimate of drug-likeness (QED) is 0.599. The molecule has 2 N–H and O–H groups in total. The van der Waals surface area contributed by atoms with Gasteiger partial charge in [0.25, 0.3) is 0 Å². The Labute approximate surface area is 117 Å². The molecule has 0 bridgehead atoms. The van der Waals surface area contributed by atoms with Gasteiger partial charge in [-0.25, -0.2) is 0 Å². The molecule has 0 amide bonds. The van der Waals surface area contributed by atoms with E-state index in [2.05, 4.69) is 24.1 Å². The molecule has 0 radical (unpaired) electrons. The van der Waals surface area contributed by atoms with Crippen LogP contribution in [-0.4, -0.2) is 60.9 Å². The van der Waals surface area contributed by atoms with Gasteiger partial charge in [0.1, 0.15) is 5.54 Å². The number of hydrogen-bond donors (Lipinski definition) is 2. The molecule has 0 saturated heterocycles. The van der Waals surface area contributed by atoms with E-state index in [0.717, 1.165) is 26.1 Å². The molecule has 0 fully saturated rings. The lowest BCUT2D eigenvalue weighted by molar-refractivity contribution is -0.145. The molecule has 0 heterocycles. The van der Waals surface area contributed by atoms with Crippen molar-refractivity contribution in [2.45, 2.75) is 52.1 Å².